The van der Waals surface area contributed by atoms with E-state index in [1.54, 1.807) is 23.5 Å². The summed E-state index contributed by atoms with van der Waals surface area (Å²) in [6.45, 7) is 6.53. The second-order valence-electron chi connectivity index (χ2n) is 7.67. The average Bonchev–Trinajstić information content (AvgIpc) is 3.14. The molecule has 1 fully saturated rings. The number of para-hydroxylation sites is 1. The fourth-order valence-corrected chi connectivity index (χ4v) is 5.48. The Hall–Kier alpha value is -2.68. The van der Waals surface area contributed by atoms with Crippen molar-refractivity contribution in [1.82, 2.24) is 14.2 Å². The molecule has 0 unspecified atom stereocenters. The van der Waals surface area contributed by atoms with E-state index in [0.717, 1.165) is 22.6 Å². The van der Waals surface area contributed by atoms with Crippen LogP contribution in [0.5, 0.6) is 5.75 Å². The van der Waals surface area contributed by atoms with Crippen LogP contribution in [-0.2, 0) is 16.6 Å². The van der Waals surface area contributed by atoms with Gasteiger partial charge in [-0.15, -0.1) is 0 Å². The first-order valence-electron chi connectivity index (χ1n) is 10.3. The molecule has 7 nitrogen and oxygen atoms in total. The highest BCUT2D eigenvalue weighted by Crippen LogP contribution is 2.30. The molecule has 4 rings (SSSR count). The predicted molar refractivity (Wildman–Crippen MR) is 118 cm³/mol. The molecule has 1 aliphatic heterocycles. The fraction of sp³-hybridized carbons (Fsp3) is 0.348. The van der Waals surface area contributed by atoms with Gasteiger partial charge in [0.2, 0.25) is 15.9 Å². The summed E-state index contributed by atoms with van der Waals surface area (Å²) < 4.78 is 38.9. The highest BCUT2D eigenvalue weighted by atomic mass is 32.2. The molecule has 0 saturated carbocycles. The number of methoxy groups -OCH3 is 1. The number of benzene rings is 2. The number of rotatable bonds is 6. The van der Waals surface area contributed by atoms with E-state index in [2.05, 4.69) is 9.88 Å². The van der Waals surface area contributed by atoms with Crippen molar-refractivity contribution >= 4 is 10.0 Å². The summed E-state index contributed by atoms with van der Waals surface area (Å²) in [6.07, 6.45) is 0. The first-order valence-corrected chi connectivity index (χ1v) is 11.7. The van der Waals surface area contributed by atoms with Crippen molar-refractivity contribution < 1.29 is 17.6 Å². The number of aryl methyl sites for hydroxylation is 2. The normalized spacial score (nSPS) is 15.8. The van der Waals surface area contributed by atoms with E-state index in [1.807, 2.05) is 50.2 Å². The second kappa shape index (κ2) is 8.82. The van der Waals surface area contributed by atoms with Gasteiger partial charge in [-0.25, -0.2) is 13.4 Å². The van der Waals surface area contributed by atoms with Crippen LogP contribution in [0.25, 0.3) is 11.5 Å². The zero-order valence-corrected chi connectivity index (χ0v) is 18.9. The molecule has 3 aromatic rings. The summed E-state index contributed by atoms with van der Waals surface area (Å²) in [4.78, 5) is 7.28. The molecule has 1 saturated heterocycles. The van der Waals surface area contributed by atoms with Crippen molar-refractivity contribution in [3.63, 3.8) is 0 Å². The number of piperazine rings is 1. The minimum atomic E-state index is -3.48. The largest absolute Gasteiger partial charge is 0.496 e. The van der Waals surface area contributed by atoms with Gasteiger partial charge < -0.3 is 9.15 Å². The van der Waals surface area contributed by atoms with Crippen molar-refractivity contribution in [3.05, 3.63) is 65.5 Å². The summed E-state index contributed by atoms with van der Waals surface area (Å²) in [5.41, 5.74) is 2.44. The third-order valence-corrected chi connectivity index (χ3v) is 7.70. The van der Waals surface area contributed by atoms with E-state index in [1.165, 1.54) is 0 Å². The molecule has 2 heterocycles. The third-order valence-electron chi connectivity index (χ3n) is 5.65. The third kappa shape index (κ3) is 4.37. The quantitative estimate of drug-likeness (QED) is 0.583. The van der Waals surface area contributed by atoms with E-state index in [4.69, 9.17) is 9.15 Å². The number of nitrogens with zero attached hydrogens (tertiary/aromatic N) is 3. The lowest BCUT2D eigenvalue weighted by atomic mass is 10.2. The smallest absolute Gasteiger partial charge is 0.243 e. The van der Waals surface area contributed by atoms with Gasteiger partial charge in [-0.05, 0) is 37.6 Å². The topological polar surface area (TPSA) is 75.9 Å². The van der Waals surface area contributed by atoms with Crippen LogP contribution in [-0.4, -0.2) is 55.9 Å². The predicted octanol–water partition coefficient (Wildman–Crippen LogP) is 3.47. The molecular formula is C23H27N3O4S. The molecular weight excluding hydrogens is 414 g/mol. The number of hydrogen-bond acceptors (Lipinski definition) is 6. The maximum atomic E-state index is 13.0. The summed E-state index contributed by atoms with van der Waals surface area (Å²) in [7, 11) is -1.85. The first-order chi connectivity index (χ1) is 14.9. The van der Waals surface area contributed by atoms with Gasteiger partial charge in [0.15, 0.2) is 0 Å². The Morgan fingerprint density at radius 3 is 2.39 bits per heavy atom. The number of hydrogen-bond donors (Lipinski definition) is 0. The fourth-order valence-electron chi connectivity index (χ4n) is 3.84. The Bertz CT molecular complexity index is 1170. The van der Waals surface area contributed by atoms with Crippen LogP contribution in [0, 0.1) is 13.8 Å². The van der Waals surface area contributed by atoms with E-state index in [9.17, 15) is 8.42 Å². The molecule has 0 amide bonds. The summed E-state index contributed by atoms with van der Waals surface area (Å²) >= 11 is 0. The summed E-state index contributed by atoms with van der Waals surface area (Å²) in [5.74, 6) is 2.01. The van der Waals surface area contributed by atoms with E-state index in [-0.39, 0.29) is 0 Å². The van der Waals surface area contributed by atoms with Crippen LogP contribution in [0.15, 0.2) is 57.8 Å². The van der Waals surface area contributed by atoms with Crippen molar-refractivity contribution in [2.45, 2.75) is 25.3 Å². The Kier molecular flexibility index (Phi) is 6.13. The van der Waals surface area contributed by atoms with Crippen molar-refractivity contribution in [3.8, 4) is 17.2 Å². The molecule has 0 bridgehead atoms. The molecule has 0 atom stereocenters. The van der Waals surface area contributed by atoms with Gasteiger partial charge in [0.25, 0.3) is 0 Å². The van der Waals surface area contributed by atoms with Crippen LogP contribution >= 0.6 is 0 Å². The lowest BCUT2D eigenvalue weighted by molar-refractivity contribution is 0.179. The maximum Gasteiger partial charge on any atom is 0.243 e. The molecule has 1 aliphatic rings. The second-order valence-corrected chi connectivity index (χ2v) is 9.57. The Labute approximate surface area is 183 Å². The molecule has 2 aromatic carbocycles. The van der Waals surface area contributed by atoms with Gasteiger partial charge >= 0.3 is 0 Å². The number of ether oxygens (including phenoxy) is 1. The summed E-state index contributed by atoms with van der Waals surface area (Å²) in [6, 6.07) is 14.8. The monoisotopic (exact) mass is 441 g/mol. The van der Waals surface area contributed by atoms with Crippen LogP contribution in [0.2, 0.25) is 0 Å². The zero-order valence-electron chi connectivity index (χ0n) is 18.0. The van der Waals surface area contributed by atoms with Crippen LogP contribution in [0.1, 0.15) is 17.0 Å². The minimum Gasteiger partial charge on any atom is -0.496 e. The molecule has 0 N–H and O–H groups in total. The maximum absolute atomic E-state index is 13.0. The molecule has 1 aromatic heterocycles. The van der Waals surface area contributed by atoms with Gasteiger partial charge in [0, 0.05) is 32.7 Å². The number of oxazole rings is 1. The summed E-state index contributed by atoms with van der Waals surface area (Å²) in [5, 5.41) is 0. The molecule has 8 heteroatoms. The lowest BCUT2D eigenvalue weighted by Crippen LogP contribution is -2.48. The lowest BCUT2D eigenvalue weighted by Gasteiger charge is -2.33. The molecule has 31 heavy (non-hydrogen) atoms. The Morgan fingerprint density at radius 2 is 1.68 bits per heavy atom. The van der Waals surface area contributed by atoms with E-state index < -0.39 is 10.0 Å². The SMILES string of the molecule is COc1ccccc1-c1nc(CN2CCN(S(=O)(=O)c3ccccc3C)CC2)c(C)o1. The minimum absolute atomic E-state index is 0.386. The van der Waals surface area contributed by atoms with Crippen molar-refractivity contribution in [2.24, 2.45) is 0 Å². The van der Waals surface area contributed by atoms with Gasteiger partial charge in [0.05, 0.1) is 23.3 Å². The van der Waals surface area contributed by atoms with Gasteiger partial charge in [0.1, 0.15) is 11.5 Å². The Balaban J connectivity index is 1.44. The van der Waals surface area contributed by atoms with Gasteiger partial charge in [-0.3, -0.25) is 4.90 Å². The molecule has 0 radical (unpaired) electrons. The zero-order chi connectivity index (χ0) is 22.0. The number of aromatic nitrogens is 1. The van der Waals surface area contributed by atoms with E-state index >= 15 is 0 Å². The van der Waals surface area contributed by atoms with Crippen molar-refractivity contribution in [2.75, 3.05) is 33.3 Å². The molecule has 164 valence electrons. The standard InChI is InChI=1S/C23H27N3O4S/c1-17-8-4-7-11-22(17)31(27,28)26-14-12-25(13-15-26)16-20-18(2)30-23(24-20)19-9-5-6-10-21(19)29-3/h4-11H,12-16H2,1-3H3. The van der Waals surface area contributed by atoms with E-state index in [0.29, 0.717) is 49.3 Å². The number of sulfonamides is 1. The van der Waals surface area contributed by atoms with Crippen LogP contribution < -0.4 is 4.74 Å². The van der Waals surface area contributed by atoms with Crippen LogP contribution in [0.3, 0.4) is 0 Å². The van der Waals surface area contributed by atoms with Gasteiger partial charge in [-0.2, -0.15) is 4.31 Å². The molecule has 0 aliphatic carbocycles. The Morgan fingerprint density at radius 1 is 1.00 bits per heavy atom. The highest BCUT2D eigenvalue weighted by molar-refractivity contribution is 7.89. The molecule has 0 spiro atoms. The van der Waals surface area contributed by atoms with Crippen LogP contribution in [0.4, 0.5) is 0 Å². The average molecular weight is 442 g/mol. The van der Waals surface area contributed by atoms with Crippen molar-refractivity contribution in [1.29, 1.82) is 0 Å². The highest BCUT2D eigenvalue weighted by Gasteiger charge is 2.30. The van der Waals surface area contributed by atoms with Gasteiger partial charge in [-0.1, -0.05) is 30.3 Å². The first kappa shape index (κ1) is 21.5.